The van der Waals surface area contributed by atoms with Crippen LogP contribution in [-0.2, 0) is 21.7 Å². The van der Waals surface area contributed by atoms with E-state index in [0.29, 0.717) is 17.0 Å². The van der Waals surface area contributed by atoms with Crippen LogP contribution in [0.2, 0.25) is 5.02 Å². The van der Waals surface area contributed by atoms with Gasteiger partial charge in [0.15, 0.2) is 0 Å². The topological polar surface area (TPSA) is 109 Å². The number of fused-ring (bicyclic) bond motifs is 3. The van der Waals surface area contributed by atoms with Crippen molar-refractivity contribution < 1.29 is 34.6 Å². The van der Waals surface area contributed by atoms with Gasteiger partial charge in [0.25, 0.3) is 0 Å². The van der Waals surface area contributed by atoms with E-state index in [2.05, 4.69) is 6.07 Å². The Kier molecular flexibility index (Phi) is 5.47. The summed E-state index contributed by atoms with van der Waals surface area (Å²) in [6.07, 6.45) is -4.04. The van der Waals surface area contributed by atoms with Crippen molar-refractivity contribution in [2.24, 2.45) is 0 Å². The Bertz CT molecular complexity index is 1170. The average Bonchev–Trinajstić information content (AvgIpc) is 3.39. The fourth-order valence-corrected chi connectivity index (χ4v) is 5.73. The molecule has 2 aliphatic heterocycles. The van der Waals surface area contributed by atoms with Gasteiger partial charge in [-0.2, -0.15) is 0 Å². The molecule has 0 saturated carbocycles. The molecule has 3 heterocycles. The van der Waals surface area contributed by atoms with Gasteiger partial charge in [0.05, 0.1) is 20.3 Å². The second-order valence-electron chi connectivity index (χ2n) is 8.26. The number of thiophene rings is 1. The van der Waals surface area contributed by atoms with Crippen molar-refractivity contribution in [3.8, 4) is 5.75 Å². The summed E-state index contributed by atoms with van der Waals surface area (Å²) < 4.78 is 18.2. The van der Waals surface area contributed by atoms with Crippen LogP contribution >= 0.6 is 22.9 Å². The second-order valence-corrected chi connectivity index (χ2v) is 9.84. The quantitative estimate of drug-likeness (QED) is 0.445. The fraction of sp³-hybridized carbons (Fsp3) is 0.391. The van der Waals surface area contributed by atoms with Crippen molar-refractivity contribution in [1.82, 2.24) is 0 Å². The zero-order valence-electron chi connectivity index (χ0n) is 17.2. The minimum atomic E-state index is -1.71. The first-order valence-electron chi connectivity index (χ1n) is 10.2. The minimum Gasteiger partial charge on any atom is -0.497 e. The highest BCUT2D eigenvalue weighted by Gasteiger charge is 2.67. The van der Waals surface area contributed by atoms with Gasteiger partial charge in [0, 0.05) is 26.6 Å². The first-order chi connectivity index (χ1) is 15.3. The van der Waals surface area contributed by atoms with Crippen LogP contribution in [0.25, 0.3) is 10.1 Å². The van der Waals surface area contributed by atoms with E-state index in [1.54, 1.807) is 36.6 Å². The van der Waals surface area contributed by atoms with Crippen LogP contribution in [0.3, 0.4) is 0 Å². The standard InChI is InChI=1S/C23H23ClO7S/c1-29-15-3-5-18-13(7-15)9-16(32-18)8-12-6-14(2-4-17(12)24)23-21(28)19(26)20(27)22(10-25,31-23)11-30-23/h2-7,9,19-21,25-28H,8,10-11H2,1H3/t19-,20-,21+,22-,23-/m0/s1. The number of hydrogen-bond acceptors (Lipinski definition) is 8. The lowest BCUT2D eigenvalue weighted by molar-refractivity contribution is -0.329. The van der Waals surface area contributed by atoms with E-state index in [9.17, 15) is 20.4 Å². The Morgan fingerprint density at radius 3 is 2.69 bits per heavy atom. The molecule has 5 atom stereocenters. The molecule has 3 aromatic rings. The van der Waals surface area contributed by atoms with Gasteiger partial charge >= 0.3 is 0 Å². The SMILES string of the molecule is COc1ccc2sc(Cc3cc([C@]45OC[C@](CO)(O4)[C@@H](O)[C@H](O)[C@H]5O)ccc3Cl)cc2c1. The molecule has 170 valence electrons. The molecule has 9 heteroatoms. The number of hydrogen-bond donors (Lipinski definition) is 4. The van der Waals surface area contributed by atoms with Gasteiger partial charge in [-0.15, -0.1) is 11.3 Å². The monoisotopic (exact) mass is 478 g/mol. The maximum absolute atomic E-state index is 10.8. The van der Waals surface area contributed by atoms with Crippen molar-refractivity contribution in [3.63, 3.8) is 0 Å². The number of methoxy groups -OCH3 is 1. The first-order valence-corrected chi connectivity index (χ1v) is 11.4. The highest BCUT2D eigenvalue weighted by atomic mass is 35.5. The van der Waals surface area contributed by atoms with Crippen LogP contribution in [0.1, 0.15) is 16.0 Å². The van der Waals surface area contributed by atoms with E-state index < -0.39 is 36.3 Å². The Labute approximate surface area is 193 Å². The maximum atomic E-state index is 10.8. The number of ether oxygens (including phenoxy) is 3. The van der Waals surface area contributed by atoms with Gasteiger partial charge in [0.2, 0.25) is 5.79 Å². The Hall–Kier alpha value is -1.75. The molecular formula is C23H23ClO7S. The summed E-state index contributed by atoms with van der Waals surface area (Å²) in [4.78, 5) is 1.09. The molecule has 0 radical (unpaired) electrons. The van der Waals surface area contributed by atoms with Crippen molar-refractivity contribution >= 4 is 33.0 Å². The molecule has 32 heavy (non-hydrogen) atoms. The summed E-state index contributed by atoms with van der Waals surface area (Å²) in [5, 5.41) is 43.0. The van der Waals surface area contributed by atoms with Gasteiger partial charge in [-0.1, -0.05) is 17.7 Å². The molecule has 0 spiro atoms. The minimum absolute atomic E-state index is 0.172. The summed E-state index contributed by atoms with van der Waals surface area (Å²) >= 11 is 8.13. The molecule has 2 fully saturated rings. The van der Waals surface area contributed by atoms with Crippen LogP contribution in [0.15, 0.2) is 42.5 Å². The summed E-state index contributed by atoms with van der Waals surface area (Å²) in [6.45, 7) is -0.736. The average molecular weight is 479 g/mol. The highest BCUT2D eigenvalue weighted by Crippen LogP contribution is 2.50. The number of aliphatic hydroxyl groups excluding tert-OH is 4. The van der Waals surface area contributed by atoms with Crippen molar-refractivity contribution in [3.05, 3.63) is 63.5 Å². The largest absolute Gasteiger partial charge is 0.497 e. The molecule has 2 saturated heterocycles. The van der Waals surface area contributed by atoms with E-state index in [1.165, 1.54) is 0 Å². The predicted molar refractivity (Wildman–Crippen MR) is 119 cm³/mol. The number of aliphatic hydroxyl groups is 4. The molecule has 4 N–H and O–H groups in total. The third-order valence-corrected chi connectivity index (χ3v) is 7.80. The molecular weight excluding hydrogens is 456 g/mol. The first kappa shape index (κ1) is 22.1. The predicted octanol–water partition coefficient (Wildman–Crippen LogP) is 2.18. The maximum Gasteiger partial charge on any atom is 0.225 e. The summed E-state index contributed by atoms with van der Waals surface area (Å²) in [5.74, 6) is -0.926. The Balaban J connectivity index is 1.50. The van der Waals surface area contributed by atoms with Crippen LogP contribution in [0.5, 0.6) is 5.75 Å². The van der Waals surface area contributed by atoms with Gasteiger partial charge in [-0.05, 0) is 47.3 Å². The van der Waals surface area contributed by atoms with E-state index >= 15 is 0 Å². The fourth-order valence-electron chi connectivity index (χ4n) is 4.48. The van der Waals surface area contributed by atoms with Crippen molar-refractivity contribution in [2.75, 3.05) is 20.3 Å². The number of rotatable bonds is 5. The van der Waals surface area contributed by atoms with Crippen LogP contribution in [-0.4, -0.2) is 64.7 Å². The molecule has 0 unspecified atom stereocenters. The molecule has 2 aliphatic rings. The highest BCUT2D eigenvalue weighted by molar-refractivity contribution is 7.19. The summed E-state index contributed by atoms with van der Waals surface area (Å²) in [7, 11) is 1.63. The molecule has 0 aliphatic carbocycles. The van der Waals surface area contributed by atoms with Crippen molar-refractivity contribution in [1.29, 1.82) is 0 Å². The van der Waals surface area contributed by atoms with Gasteiger partial charge in [0.1, 0.15) is 29.7 Å². The van der Waals surface area contributed by atoms with Crippen LogP contribution in [0.4, 0.5) is 0 Å². The lowest BCUT2D eigenvalue weighted by atomic mass is 9.83. The Morgan fingerprint density at radius 1 is 1.12 bits per heavy atom. The van der Waals surface area contributed by atoms with Crippen molar-refractivity contribution in [2.45, 2.75) is 36.1 Å². The van der Waals surface area contributed by atoms with E-state index in [-0.39, 0.29) is 6.61 Å². The zero-order valence-corrected chi connectivity index (χ0v) is 18.8. The van der Waals surface area contributed by atoms with Gasteiger partial charge < -0.3 is 34.6 Å². The van der Waals surface area contributed by atoms with E-state index in [0.717, 1.165) is 26.3 Å². The molecule has 7 nitrogen and oxygen atoms in total. The van der Waals surface area contributed by atoms with Gasteiger partial charge in [-0.3, -0.25) is 0 Å². The van der Waals surface area contributed by atoms with Gasteiger partial charge in [-0.25, -0.2) is 0 Å². The normalized spacial score (nSPS) is 31.9. The Morgan fingerprint density at radius 2 is 1.94 bits per heavy atom. The molecule has 5 rings (SSSR count). The van der Waals surface area contributed by atoms with E-state index in [1.807, 2.05) is 18.2 Å². The molecule has 2 bridgehead atoms. The zero-order chi connectivity index (χ0) is 22.7. The molecule has 0 amide bonds. The third-order valence-electron chi connectivity index (χ3n) is 6.32. The number of benzene rings is 2. The third kappa shape index (κ3) is 3.26. The summed E-state index contributed by atoms with van der Waals surface area (Å²) in [5.41, 5.74) is -0.268. The second kappa shape index (κ2) is 7.93. The lowest BCUT2D eigenvalue weighted by Gasteiger charge is -2.46. The molecule has 2 aromatic carbocycles. The smallest absolute Gasteiger partial charge is 0.225 e. The lowest BCUT2D eigenvalue weighted by Crippen LogP contribution is -2.65. The summed E-state index contributed by atoms with van der Waals surface area (Å²) in [6, 6.07) is 13.1. The van der Waals surface area contributed by atoms with Crippen LogP contribution in [0, 0.1) is 0 Å². The van der Waals surface area contributed by atoms with E-state index in [4.69, 9.17) is 25.8 Å². The molecule has 1 aromatic heterocycles. The number of halogens is 1. The van der Waals surface area contributed by atoms with Crippen LogP contribution < -0.4 is 4.74 Å².